The van der Waals surface area contributed by atoms with E-state index in [2.05, 4.69) is 35.5 Å². The van der Waals surface area contributed by atoms with Gasteiger partial charge in [0.15, 0.2) is 5.69 Å². The Morgan fingerprint density at radius 3 is 2.66 bits per heavy atom. The number of nitrogens with one attached hydrogen (secondary N) is 2. The maximum absolute atomic E-state index is 14.1. The fraction of sp³-hybridized carbons (Fsp3) is 0.750. The molecule has 0 aromatic carbocycles. The number of hydrogen-bond donors (Lipinski definition) is 2. The van der Waals surface area contributed by atoms with Crippen LogP contribution in [0.5, 0.6) is 0 Å². The smallest absolute Gasteiger partial charge is 0.274 e. The van der Waals surface area contributed by atoms with E-state index in [1.165, 1.54) is 4.90 Å². The van der Waals surface area contributed by atoms with Crippen LogP contribution in [0.2, 0.25) is 0 Å². The Balaban J connectivity index is 1.34. The molecule has 38 heavy (non-hydrogen) atoms. The molecule has 2 atom stereocenters. The summed E-state index contributed by atoms with van der Waals surface area (Å²) in [5.74, 6) is -2.93. The van der Waals surface area contributed by atoms with Crippen molar-refractivity contribution >= 4 is 17.5 Å². The largest absolute Gasteiger partial charge is 0.381 e. The number of rotatable bonds is 9. The number of nitrogens with zero attached hydrogens (tertiary/aromatic N) is 3. The molecule has 0 bridgehead atoms. The fourth-order valence-electron chi connectivity index (χ4n) is 5.95. The Morgan fingerprint density at radius 2 is 2.03 bits per heavy atom. The van der Waals surface area contributed by atoms with Crippen molar-refractivity contribution in [1.29, 1.82) is 0 Å². The number of aromatic nitrogens is 1. The number of carbonyl (C=O) groups is 2. The lowest BCUT2D eigenvalue weighted by Crippen LogP contribution is -2.55. The Bertz CT molecular complexity index is 1030. The topological polar surface area (TPSA) is 86.8 Å². The number of hydrogen-bond acceptors (Lipinski definition) is 6. The number of likely N-dealkylation sites (tertiary alicyclic amines) is 1. The monoisotopic (exact) mass is 533 g/mol. The van der Waals surface area contributed by atoms with Crippen LogP contribution >= 0.6 is 0 Å². The molecule has 0 spiro atoms. The van der Waals surface area contributed by atoms with Gasteiger partial charge in [0.25, 0.3) is 11.8 Å². The summed E-state index contributed by atoms with van der Waals surface area (Å²) in [5, 5.41) is 6.86. The van der Waals surface area contributed by atoms with Crippen molar-refractivity contribution in [3.8, 4) is 0 Å². The summed E-state index contributed by atoms with van der Waals surface area (Å²) < 4.78 is 33.0. The second-order valence-electron chi connectivity index (χ2n) is 12.1. The van der Waals surface area contributed by atoms with E-state index in [1.807, 2.05) is 11.1 Å². The molecule has 3 heterocycles. The summed E-state index contributed by atoms with van der Waals surface area (Å²) in [4.78, 5) is 35.0. The number of ether oxygens (including phenoxy) is 1. The van der Waals surface area contributed by atoms with Crippen LogP contribution in [0.3, 0.4) is 0 Å². The highest BCUT2D eigenvalue weighted by Gasteiger charge is 2.43. The van der Waals surface area contributed by atoms with Crippen LogP contribution in [0.25, 0.3) is 0 Å². The predicted molar refractivity (Wildman–Crippen MR) is 140 cm³/mol. The highest BCUT2D eigenvalue weighted by Crippen LogP contribution is 2.41. The van der Waals surface area contributed by atoms with Gasteiger partial charge < -0.3 is 25.2 Å². The molecule has 2 aliphatic heterocycles. The van der Waals surface area contributed by atoms with Gasteiger partial charge in [-0.15, -0.1) is 0 Å². The van der Waals surface area contributed by atoms with Crippen LogP contribution in [0, 0.1) is 11.8 Å². The van der Waals surface area contributed by atoms with Crippen LogP contribution in [-0.2, 0) is 9.53 Å². The molecule has 2 N–H and O–H groups in total. The Labute approximate surface area is 223 Å². The number of alkyl halides is 2. The van der Waals surface area contributed by atoms with Crippen LogP contribution in [0.15, 0.2) is 12.3 Å². The van der Waals surface area contributed by atoms with E-state index in [1.54, 1.807) is 7.11 Å². The molecule has 8 nitrogen and oxygen atoms in total. The molecule has 2 saturated heterocycles. The number of halogens is 2. The molecule has 5 rings (SSSR count). The molecule has 1 aromatic heterocycles. The Hall–Kier alpha value is -2.33. The first-order valence-corrected chi connectivity index (χ1v) is 14.1. The van der Waals surface area contributed by atoms with Crippen molar-refractivity contribution in [1.82, 2.24) is 20.1 Å². The van der Waals surface area contributed by atoms with Crippen LogP contribution < -0.4 is 10.6 Å². The third-order valence-corrected chi connectivity index (χ3v) is 8.37. The molecule has 4 aliphatic rings. The first kappa shape index (κ1) is 27.2. The van der Waals surface area contributed by atoms with Gasteiger partial charge in [-0.1, -0.05) is 13.8 Å². The van der Waals surface area contributed by atoms with Crippen molar-refractivity contribution < 1.29 is 23.1 Å². The maximum Gasteiger partial charge on any atom is 0.274 e. The van der Waals surface area contributed by atoms with Gasteiger partial charge in [-0.3, -0.25) is 9.59 Å². The molecule has 1 aromatic rings. The minimum absolute atomic E-state index is 0.0824. The van der Waals surface area contributed by atoms with Gasteiger partial charge in [0, 0.05) is 58.0 Å². The summed E-state index contributed by atoms with van der Waals surface area (Å²) >= 11 is 0. The van der Waals surface area contributed by atoms with Gasteiger partial charge in [0.2, 0.25) is 5.91 Å². The van der Waals surface area contributed by atoms with Gasteiger partial charge in [0.05, 0.1) is 24.3 Å². The minimum atomic E-state index is -2.82. The zero-order chi connectivity index (χ0) is 27.0. The average molecular weight is 534 g/mol. The highest BCUT2D eigenvalue weighted by atomic mass is 19.3. The van der Waals surface area contributed by atoms with E-state index < -0.39 is 18.4 Å². The number of amides is 2. The maximum atomic E-state index is 14.1. The number of methoxy groups -OCH3 is 1. The fourth-order valence-corrected chi connectivity index (χ4v) is 5.95. The third kappa shape index (κ3) is 6.11. The Kier molecular flexibility index (Phi) is 7.91. The standard InChI is InChI=1S/C28H41F2N5O3/c1-17(2)15-35(22-8-20(12-31-14-22)26(36)34-7-6-28(29,30)16-34)27(37)25-24(33-21-10-23(11-21)38-3)9-19(13-32-25)18-4-5-18/h9,13,17-18,20-23,31,33H,4-8,10-12,14-16H2,1-3H3/t20-,21?,22+,23?/m1/s1. The molecule has 0 radical (unpaired) electrons. The minimum Gasteiger partial charge on any atom is -0.381 e. The summed E-state index contributed by atoms with van der Waals surface area (Å²) in [6.07, 6.45) is 6.31. The van der Waals surface area contributed by atoms with Crippen LogP contribution in [0.4, 0.5) is 14.5 Å². The van der Waals surface area contributed by atoms with Gasteiger partial charge >= 0.3 is 0 Å². The first-order chi connectivity index (χ1) is 18.1. The lowest BCUT2D eigenvalue weighted by atomic mass is 9.89. The second-order valence-corrected chi connectivity index (χ2v) is 12.1. The van der Waals surface area contributed by atoms with Gasteiger partial charge in [0.1, 0.15) is 0 Å². The lowest BCUT2D eigenvalue weighted by molar-refractivity contribution is -0.137. The molecular formula is C28H41F2N5O3. The number of piperidine rings is 1. The predicted octanol–water partition coefficient (Wildman–Crippen LogP) is 3.49. The molecule has 2 amide bonds. The first-order valence-electron chi connectivity index (χ1n) is 14.1. The normalized spacial score (nSPS) is 28.7. The van der Waals surface area contributed by atoms with Gasteiger partial charge in [-0.25, -0.2) is 13.8 Å². The summed E-state index contributed by atoms with van der Waals surface area (Å²) in [7, 11) is 1.72. The Morgan fingerprint density at radius 1 is 1.26 bits per heavy atom. The van der Waals surface area contributed by atoms with E-state index in [9.17, 15) is 18.4 Å². The SMILES string of the molecule is COC1CC(Nc2cc(C3CC3)cnc2C(=O)N(CC(C)C)[C@@H]2CNC[C@H](C(=O)N3CCC(F)(F)C3)C2)C1. The van der Waals surface area contributed by atoms with Gasteiger partial charge in [-0.05, 0) is 55.6 Å². The molecule has 0 unspecified atom stereocenters. The molecule has 2 aliphatic carbocycles. The van der Waals surface area contributed by atoms with E-state index in [4.69, 9.17) is 4.74 Å². The molecule has 2 saturated carbocycles. The lowest BCUT2D eigenvalue weighted by Gasteiger charge is -2.40. The molecule has 4 fully saturated rings. The van der Waals surface area contributed by atoms with E-state index in [0.29, 0.717) is 37.7 Å². The van der Waals surface area contributed by atoms with Crippen molar-refractivity contribution in [3.63, 3.8) is 0 Å². The summed E-state index contributed by atoms with van der Waals surface area (Å²) in [6, 6.07) is 2.10. The van der Waals surface area contributed by atoms with Crippen molar-refractivity contribution in [2.24, 2.45) is 11.8 Å². The number of anilines is 1. The van der Waals surface area contributed by atoms with E-state index in [0.717, 1.165) is 36.9 Å². The van der Waals surface area contributed by atoms with Crippen LogP contribution in [-0.4, -0.2) is 90.5 Å². The summed E-state index contributed by atoms with van der Waals surface area (Å²) in [5.41, 5.74) is 2.33. The third-order valence-electron chi connectivity index (χ3n) is 8.37. The van der Waals surface area contributed by atoms with E-state index >= 15 is 0 Å². The van der Waals surface area contributed by atoms with Gasteiger partial charge in [-0.2, -0.15) is 0 Å². The highest BCUT2D eigenvalue weighted by molar-refractivity contribution is 5.98. The second kappa shape index (κ2) is 11.0. The zero-order valence-corrected chi connectivity index (χ0v) is 22.7. The van der Waals surface area contributed by atoms with Crippen molar-refractivity contribution in [3.05, 3.63) is 23.5 Å². The molecular weight excluding hydrogens is 492 g/mol. The average Bonchev–Trinajstić information content (AvgIpc) is 3.65. The molecule has 210 valence electrons. The van der Waals surface area contributed by atoms with Crippen LogP contribution in [0.1, 0.15) is 74.3 Å². The molecule has 10 heteroatoms. The number of pyridine rings is 1. The van der Waals surface area contributed by atoms with Crippen molar-refractivity contribution in [2.45, 2.75) is 82.4 Å². The number of carbonyl (C=O) groups excluding carboxylic acids is 2. The van der Waals surface area contributed by atoms with E-state index in [-0.39, 0.29) is 48.9 Å². The zero-order valence-electron chi connectivity index (χ0n) is 22.7. The summed E-state index contributed by atoms with van der Waals surface area (Å²) in [6.45, 7) is 5.21. The quantitative estimate of drug-likeness (QED) is 0.506. The van der Waals surface area contributed by atoms with Crippen molar-refractivity contribution in [2.75, 3.05) is 45.2 Å².